The Labute approximate surface area is 117 Å². The minimum absolute atomic E-state index is 0.247. The second-order valence-corrected chi connectivity index (χ2v) is 5.32. The fourth-order valence-electron chi connectivity index (χ4n) is 2.67. The average Bonchev–Trinajstić information content (AvgIpc) is 2.73. The van der Waals surface area contributed by atoms with E-state index in [1.807, 2.05) is 0 Å². The van der Waals surface area contributed by atoms with Gasteiger partial charge in [-0.1, -0.05) is 0 Å². The maximum absolute atomic E-state index is 11.1. The van der Waals surface area contributed by atoms with Gasteiger partial charge in [-0.05, 0) is 31.8 Å². The van der Waals surface area contributed by atoms with E-state index in [-0.39, 0.29) is 11.5 Å². The van der Waals surface area contributed by atoms with E-state index in [1.165, 1.54) is 6.20 Å². The molecule has 110 valence electrons. The van der Waals surface area contributed by atoms with E-state index in [2.05, 4.69) is 10.00 Å². The second-order valence-electron chi connectivity index (χ2n) is 5.32. The summed E-state index contributed by atoms with van der Waals surface area (Å²) in [4.78, 5) is 24.2. The zero-order chi connectivity index (χ0) is 14.7. The van der Waals surface area contributed by atoms with Gasteiger partial charge in [0.2, 0.25) is 5.91 Å². The predicted molar refractivity (Wildman–Crippen MR) is 72.0 cm³/mol. The summed E-state index contributed by atoms with van der Waals surface area (Å²) in [6.45, 7) is 2.27. The standard InChI is InChI=1S/C13H20N4O3/c1-16-11(10(7-15-16)13(19)20)8-17-4-2-9(3-5-17)6-12(14)18/h7,9H,2-6,8H2,1H3,(H2,14,18)(H,19,20). The third-order valence-electron chi connectivity index (χ3n) is 3.86. The Balaban J connectivity index is 1.94. The Morgan fingerprint density at radius 1 is 1.45 bits per heavy atom. The Morgan fingerprint density at radius 2 is 2.10 bits per heavy atom. The Bertz CT molecular complexity index is 504. The summed E-state index contributed by atoms with van der Waals surface area (Å²) in [7, 11) is 1.75. The number of carbonyl (C=O) groups excluding carboxylic acids is 1. The Kier molecular flexibility index (Phi) is 4.39. The average molecular weight is 280 g/mol. The van der Waals surface area contributed by atoms with Gasteiger partial charge in [-0.3, -0.25) is 14.4 Å². The number of aryl methyl sites for hydroxylation is 1. The smallest absolute Gasteiger partial charge is 0.339 e. The maximum Gasteiger partial charge on any atom is 0.339 e. The van der Waals surface area contributed by atoms with Crippen LogP contribution >= 0.6 is 0 Å². The number of aromatic carboxylic acids is 1. The molecule has 2 heterocycles. The van der Waals surface area contributed by atoms with E-state index in [0.717, 1.165) is 25.9 Å². The molecular formula is C13H20N4O3. The van der Waals surface area contributed by atoms with E-state index >= 15 is 0 Å². The normalized spacial score (nSPS) is 17.2. The highest BCUT2D eigenvalue weighted by Gasteiger charge is 2.23. The maximum atomic E-state index is 11.1. The van der Waals surface area contributed by atoms with Crippen LogP contribution in [0.15, 0.2) is 6.20 Å². The molecule has 1 aromatic rings. The number of likely N-dealkylation sites (tertiary alicyclic amines) is 1. The molecule has 3 N–H and O–H groups in total. The quantitative estimate of drug-likeness (QED) is 0.802. The zero-order valence-electron chi connectivity index (χ0n) is 11.6. The SMILES string of the molecule is Cn1ncc(C(=O)O)c1CN1CCC(CC(N)=O)CC1. The number of nitrogens with zero attached hydrogens (tertiary/aromatic N) is 3. The van der Waals surface area contributed by atoms with Gasteiger partial charge in [0.05, 0.1) is 11.9 Å². The van der Waals surface area contributed by atoms with Gasteiger partial charge >= 0.3 is 5.97 Å². The van der Waals surface area contributed by atoms with Crippen molar-refractivity contribution in [2.45, 2.75) is 25.8 Å². The topological polar surface area (TPSA) is 101 Å². The lowest BCUT2D eigenvalue weighted by molar-refractivity contribution is -0.119. The van der Waals surface area contributed by atoms with Crippen molar-refractivity contribution in [1.82, 2.24) is 14.7 Å². The number of carbonyl (C=O) groups is 2. The molecule has 0 spiro atoms. The highest BCUT2D eigenvalue weighted by molar-refractivity contribution is 5.88. The lowest BCUT2D eigenvalue weighted by Gasteiger charge is -2.31. The molecule has 7 heteroatoms. The summed E-state index contributed by atoms with van der Waals surface area (Å²) in [6.07, 6.45) is 3.67. The van der Waals surface area contributed by atoms with Crippen molar-refractivity contribution in [3.8, 4) is 0 Å². The van der Waals surface area contributed by atoms with E-state index in [1.54, 1.807) is 11.7 Å². The first-order chi connectivity index (χ1) is 9.47. The van der Waals surface area contributed by atoms with Crippen molar-refractivity contribution < 1.29 is 14.7 Å². The fraction of sp³-hybridized carbons (Fsp3) is 0.615. The van der Waals surface area contributed by atoms with Crippen molar-refractivity contribution in [3.63, 3.8) is 0 Å². The van der Waals surface area contributed by atoms with Crippen LogP contribution in [0.1, 0.15) is 35.3 Å². The molecule has 0 unspecified atom stereocenters. The summed E-state index contributed by atoms with van der Waals surface area (Å²) in [5, 5.41) is 13.1. The van der Waals surface area contributed by atoms with Crippen LogP contribution in [0, 0.1) is 5.92 Å². The van der Waals surface area contributed by atoms with Crippen LogP contribution in [-0.4, -0.2) is 44.8 Å². The second kappa shape index (κ2) is 6.04. The van der Waals surface area contributed by atoms with E-state index in [9.17, 15) is 9.59 Å². The third kappa shape index (κ3) is 3.36. The highest BCUT2D eigenvalue weighted by atomic mass is 16.4. The monoisotopic (exact) mass is 280 g/mol. The Hall–Kier alpha value is -1.89. The fourth-order valence-corrected chi connectivity index (χ4v) is 2.67. The zero-order valence-corrected chi connectivity index (χ0v) is 11.6. The number of amides is 1. The van der Waals surface area contributed by atoms with Gasteiger partial charge < -0.3 is 10.8 Å². The number of nitrogens with two attached hydrogens (primary N) is 1. The van der Waals surface area contributed by atoms with Gasteiger partial charge in [0.15, 0.2) is 0 Å². The predicted octanol–water partition coefficient (Wildman–Crippen LogP) is 0.206. The Morgan fingerprint density at radius 3 is 2.65 bits per heavy atom. The van der Waals surface area contributed by atoms with Crippen molar-refractivity contribution in [2.75, 3.05) is 13.1 Å². The van der Waals surface area contributed by atoms with E-state index in [4.69, 9.17) is 10.8 Å². The third-order valence-corrected chi connectivity index (χ3v) is 3.86. The van der Waals surface area contributed by atoms with Gasteiger partial charge in [-0.2, -0.15) is 5.10 Å². The van der Waals surface area contributed by atoms with Crippen LogP contribution < -0.4 is 5.73 Å². The van der Waals surface area contributed by atoms with Gasteiger partial charge in [0, 0.05) is 20.0 Å². The van der Waals surface area contributed by atoms with Crippen LogP contribution in [0.5, 0.6) is 0 Å². The number of aromatic nitrogens is 2. The summed E-state index contributed by atoms with van der Waals surface area (Å²) in [6, 6.07) is 0. The van der Waals surface area contributed by atoms with Crippen LogP contribution in [-0.2, 0) is 18.4 Å². The molecule has 0 atom stereocenters. The summed E-state index contributed by atoms with van der Waals surface area (Å²) < 4.78 is 1.61. The molecule has 0 saturated carbocycles. The summed E-state index contributed by atoms with van der Waals surface area (Å²) in [5.74, 6) is -0.839. The van der Waals surface area contributed by atoms with Gasteiger partial charge in [0.25, 0.3) is 0 Å². The first-order valence-corrected chi connectivity index (χ1v) is 6.72. The molecule has 1 fully saturated rings. The van der Waals surface area contributed by atoms with Gasteiger partial charge in [-0.15, -0.1) is 0 Å². The first kappa shape index (κ1) is 14.5. The molecule has 7 nitrogen and oxygen atoms in total. The molecule has 1 aliphatic rings. The van der Waals surface area contributed by atoms with Gasteiger partial charge in [0.1, 0.15) is 5.56 Å². The molecular weight excluding hydrogens is 260 g/mol. The van der Waals surface area contributed by atoms with Crippen LogP contribution in [0.3, 0.4) is 0 Å². The van der Waals surface area contributed by atoms with Crippen molar-refractivity contribution >= 4 is 11.9 Å². The van der Waals surface area contributed by atoms with Crippen molar-refractivity contribution in [3.05, 3.63) is 17.5 Å². The molecule has 0 aromatic carbocycles. The van der Waals surface area contributed by atoms with Crippen molar-refractivity contribution in [1.29, 1.82) is 0 Å². The molecule has 0 radical (unpaired) electrons. The van der Waals surface area contributed by atoms with E-state index in [0.29, 0.717) is 24.6 Å². The molecule has 1 aromatic heterocycles. The highest BCUT2D eigenvalue weighted by Crippen LogP contribution is 2.22. The number of carboxylic acid groups (broad SMARTS) is 1. The number of piperidine rings is 1. The minimum Gasteiger partial charge on any atom is -0.478 e. The van der Waals surface area contributed by atoms with Gasteiger partial charge in [-0.25, -0.2) is 4.79 Å². The largest absolute Gasteiger partial charge is 0.478 e. The minimum atomic E-state index is -0.947. The number of rotatable bonds is 5. The number of carboxylic acids is 1. The first-order valence-electron chi connectivity index (χ1n) is 6.72. The van der Waals surface area contributed by atoms with E-state index < -0.39 is 5.97 Å². The molecule has 20 heavy (non-hydrogen) atoms. The lowest BCUT2D eigenvalue weighted by atomic mass is 9.93. The molecule has 0 bridgehead atoms. The lowest BCUT2D eigenvalue weighted by Crippen LogP contribution is -2.35. The van der Waals surface area contributed by atoms with Crippen LogP contribution in [0.25, 0.3) is 0 Å². The molecule has 1 saturated heterocycles. The molecule has 1 aliphatic heterocycles. The molecule has 2 rings (SSSR count). The summed E-state index contributed by atoms with van der Waals surface area (Å²) in [5.41, 5.74) is 6.18. The van der Waals surface area contributed by atoms with Crippen LogP contribution in [0.4, 0.5) is 0 Å². The number of primary amides is 1. The van der Waals surface area contributed by atoms with Crippen molar-refractivity contribution in [2.24, 2.45) is 18.7 Å². The molecule has 1 amide bonds. The number of hydrogen-bond acceptors (Lipinski definition) is 4. The van der Waals surface area contributed by atoms with Crippen LogP contribution in [0.2, 0.25) is 0 Å². The molecule has 0 aliphatic carbocycles. The summed E-state index contributed by atoms with van der Waals surface area (Å²) >= 11 is 0. The number of hydrogen-bond donors (Lipinski definition) is 2.